The van der Waals surface area contributed by atoms with Crippen molar-refractivity contribution in [2.75, 3.05) is 33.6 Å². The maximum atomic E-state index is 11.8. The number of amides is 1. The smallest absolute Gasteiger partial charge is 0.407 e. The van der Waals surface area contributed by atoms with Crippen LogP contribution in [0.1, 0.15) is 23.5 Å². The number of rotatable bonds is 7. The first-order valence-corrected chi connectivity index (χ1v) is 13.0. The number of hydrogen-bond acceptors (Lipinski definition) is 7. The number of fused-ring (bicyclic) bond motifs is 1. The zero-order valence-corrected chi connectivity index (χ0v) is 20.6. The number of benzene rings is 2. The SMILES string of the molecule is COc1cc(COC2CN(C(=O)O)CCC2c2ccc(S(C)(=O)=O)nc2)c(OC)c2ccccc12. The number of methoxy groups -OCH3 is 2. The number of ether oxygens (including phenoxy) is 3. The van der Waals surface area contributed by atoms with Crippen molar-refractivity contribution in [3.8, 4) is 11.5 Å². The van der Waals surface area contributed by atoms with E-state index in [-0.39, 0.29) is 24.1 Å². The van der Waals surface area contributed by atoms with Gasteiger partial charge in [-0.3, -0.25) is 0 Å². The summed E-state index contributed by atoms with van der Waals surface area (Å²) in [5.41, 5.74) is 1.58. The van der Waals surface area contributed by atoms with Gasteiger partial charge in [0.05, 0.1) is 33.5 Å². The first kappa shape index (κ1) is 24.7. The second-order valence-electron chi connectivity index (χ2n) is 8.49. The topological polar surface area (TPSA) is 115 Å². The first-order valence-electron chi connectivity index (χ1n) is 11.1. The van der Waals surface area contributed by atoms with Gasteiger partial charge < -0.3 is 24.2 Å². The van der Waals surface area contributed by atoms with Crippen LogP contribution in [-0.2, 0) is 21.2 Å². The molecular weight excluding hydrogens is 472 g/mol. The van der Waals surface area contributed by atoms with E-state index in [1.54, 1.807) is 20.3 Å². The predicted octanol–water partition coefficient (Wildman–Crippen LogP) is 3.71. The Kier molecular flexibility index (Phi) is 7.13. The fraction of sp³-hybridized carbons (Fsp3) is 0.360. The molecule has 1 fully saturated rings. The summed E-state index contributed by atoms with van der Waals surface area (Å²) in [5.74, 6) is 1.20. The van der Waals surface area contributed by atoms with Crippen LogP contribution in [0, 0.1) is 0 Å². The highest BCUT2D eigenvalue weighted by atomic mass is 32.2. The molecule has 1 aromatic heterocycles. The van der Waals surface area contributed by atoms with E-state index in [0.29, 0.717) is 24.5 Å². The lowest BCUT2D eigenvalue weighted by atomic mass is 9.88. The van der Waals surface area contributed by atoms with Crippen molar-refractivity contribution in [1.82, 2.24) is 9.88 Å². The molecule has 1 amide bonds. The summed E-state index contributed by atoms with van der Waals surface area (Å²) in [7, 11) is -0.212. The number of carbonyl (C=O) groups is 1. The molecule has 1 saturated heterocycles. The molecule has 2 heterocycles. The summed E-state index contributed by atoms with van der Waals surface area (Å²) >= 11 is 0. The van der Waals surface area contributed by atoms with Gasteiger partial charge in [-0.25, -0.2) is 18.2 Å². The van der Waals surface area contributed by atoms with Gasteiger partial charge in [-0.15, -0.1) is 0 Å². The Morgan fingerprint density at radius 2 is 1.89 bits per heavy atom. The number of piperidine rings is 1. The molecule has 1 aliphatic heterocycles. The Labute approximate surface area is 204 Å². The Morgan fingerprint density at radius 1 is 1.14 bits per heavy atom. The highest BCUT2D eigenvalue weighted by molar-refractivity contribution is 7.90. The summed E-state index contributed by atoms with van der Waals surface area (Å²) in [4.78, 5) is 17.1. The lowest BCUT2D eigenvalue weighted by molar-refractivity contribution is -0.0205. The minimum absolute atomic E-state index is 0.00492. The zero-order chi connectivity index (χ0) is 25.2. The average molecular weight is 501 g/mol. The van der Waals surface area contributed by atoms with Crippen LogP contribution >= 0.6 is 0 Å². The summed E-state index contributed by atoms with van der Waals surface area (Å²) in [6, 6.07) is 12.8. The quantitative estimate of drug-likeness (QED) is 0.522. The minimum Gasteiger partial charge on any atom is -0.496 e. The molecule has 3 aromatic rings. The fourth-order valence-electron chi connectivity index (χ4n) is 4.56. The Balaban J connectivity index is 1.64. The van der Waals surface area contributed by atoms with E-state index in [4.69, 9.17) is 14.2 Å². The third-order valence-corrected chi connectivity index (χ3v) is 7.31. The molecule has 0 radical (unpaired) electrons. The highest BCUT2D eigenvalue weighted by Crippen LogP contribution is 2.38. The maximum absolute atomic E-state index is 11.8. The first-order chi connectivity index (χ1) is 16.7. The van der Waals surface area contributed by atoms with Crippen LogP contribution in [0.2, 0.25) is 0 Å². The molecule has 2 aromatic carbocycles. The fourth-order valence-corrected chi connectivity index (χ4v) is 5.11. The monoisotopic (exact) mass is 500 g/mol. The Bertz CT molecular complexity index is 1330. The second kappa shape index (κ2) is 10.1. The van der Waals surface area contributed by atoms with E-state index in [9.17, 15) is 18.3 Å². The minimum atomic E-state index is -3.42. The molecule has 0 bridgehead atoms. The third kappa shape index (κ3) is 5.18. The Hall–Kier alpha value is -3.37. The van der Waals surface area contributed by atoms with Crippen LogP contribution < -0.4 is 9.47 Å². The van der Waals surface area contributed by atoms with E-state index in [1.807, 2.05) is 30.3 Å². The lowest BCUT2D eigenvalue weighted by Gasteiger charge is -2.37. The lowest BCUT2D eigenvalue weighted by Crippen LogP contribution is -2.46. The summed E-state index contributed by atoms with van der Waals surface area (Å²) in [6.07, 6.45) is 1.69. The average Bonchev–Trinajstić information content (AvgIpc) is 2.86. The van der Waals surface area contributed by atoms with E-state index < -0.39 is 22.0 Å². The van der Waals surface area contributed by atoms with Crippen molar-refractivity contribution in [3.63, 3.8) is 0 Å². The summed E-state index contributed by atoms with van der Waals surface area (Å²) in [6.45, 7) is 0.704. The van der Waals surface area contributed by atoms with Gasteiger partial charge in [0.2, 0.25) is 0 Å². The summed E-state index contributed by atoms with van der Waals surface area (Å²) in [5, 5.41) is 11.3. The molecular formula is C25H28N2O7S. The van der Waals surface area contributed by atoms with Gasteiger partial charge in [-0.1, -0.05) is 30.3 Å². The molecule has 4 rings (SSSR count). The van der Waals surface area contributed by atoms with Crippen LogP contribution in [0.15, 0.2) is 53.7 Å². The van der Waals surface area contributed by atoms with Crippen molar-refractivity contribution in [1.29, 1.82) is 0 Å². The number of sulfone groups is 1. The van der Waals surface area contributed by atoms with Crippen molar-refractivity contribution in [3.05, 3.63) is 59.8 Å². The van der Waals surface area contributed by atoms with Crippen molar-refractivity contribution in [2.24, 2.45) is 0 Å². The molecule has 1 N–H and O–H groups in total. The number of likely N-dealkylation sites (tertiary alicyclic amines) is 1. The molecule has 35 heavy (non-hydrogen) atoms. The number of carboxylic acid groups (broad SMARTS) is 1. The molecule has 0 spiro atoms. The predicted molar refractivity (Wildman–Crippen MR) is 130 cm³/mol. The molecule has 2 atom stereocenters. The number of nitrogens with zero attached hydrogens (tertiary/aromatic N) is 2. The van der Waals surface area contributed by atoms with Gasteiger partial charge in [0, 0.05) is 41.3 Å². The van der Waals surface area contributed by atoms with Crippen LogP contribution in [0.3, 0.4) is 0 Å². The normalized spacial score (nSPS) is 18.4. The van der Waals surface area contributed by atoms with Crippen LogP contribution in [0.5, 0.6) is 11.5 Å². The number of aromatic nitrogens is 1. The maximum Gasteiger partial charge on any atom is 0.407 e. The van der Waals surface area contributed by atoms with Gasteiger partial charge in [0.15, 0.2) is 14.9 Å². The largest absolute Gasteiger partial charge is 0.496 e. The zero-order valence-electron chi connectivity index (χ0n) is 19.8. The standard InChI is InChI=1S/C25H28N2O7S/c1-32-21-12-17(24(33-2)20-7-5-4-6-19(20)21)15-34-22-14-27(25(28)29)11-10-18(22)16-8-9-23(26-13-16)35(3,30)31/h4-9,12-13,18,22H,10-11,14-15H2,1-3H3,(H,28,29). The third-order valence-electron chi connectivity index (χ3n) is 6.31. The van der Waals surface area contributed by atoms with Crippen molar-refractivity contribution >= 4 is 26.7 Å². The number of hydrogen-bond donors (Lipinski definition) is 1. The summed E-state index contributed by atoms with van der Waals surface area (Å²) < 4.78 is 41.2. The van der Waals surface area contributed by atoms with E-state index >= 15 is 0 Å². The van der Waals surface area contributed by atoms with Crippen molar-refractivity contribution < 1.29 is 32.5 Å². The highest BCUT2D eigenvalue weighted by Gasteiger charge is 2.34. The molecule has 10 heteroatoms. The molecule has 0 saturated carbocycles. The molecule has 0 aliphatic carbocycles. The molecule has 186 valence electrons. The van der Waals surface area contributed by atoms with Crippen LogP contribution in [0.25, 0.3) is 10.8 Å². The van der Waals surface area contributed by atoms with Crippen LogP contribution in [0.4, 0.5) is 4.79 Å². The Morgan fingerprint density at radius 3 is 2.49 bits per heavy atom. The van der Waals surface area contributed by atoms with Gasteiger partial charge in [-0.05, 0) is 24.1 Å². The van der Waals surface area contributed by atoms with Gasteiger partial charge in [0.25, 0.3) is 0 Å². The van der Waals surface area contributed by atoms with Gasteiger partial charge in [-0.2, -0.15) is 0 Å². The van der Waals surface area contributed by atoms with Gasteiger partial charge in [0.1, 0.15) is 11.5 Å². The molecule has 2 unspecified atom stereocenters. The molecule has 9 nitrogen and oxygen atoms in total. The van der Waals surface area contributed by atoms with E-state index in [1.165, 1.54) is 17.2 Å². The van der Waals surface area contributed by atoms with Crippen LogP contribution in [-0.4, -0.2) is 69.2 Å². The van der Waals surface area contributed by atoms with E-state index in [2.05, 4.69) is 4.98 Å². The second-order valence-corrected chi connectivity index (χ2v) is 10.5. The van der Waals surface area contributed by atoms with Crippen molar-refractivity contribution in [2.45, 2.75) is 30.1 Å². The molecule has 1 aliphatic rings. The number of pyridine rings is 1. The van der Waals surface area contributed by atoms with E-state index in [0.717, 1.165) is 28.2 Å². The van der Waals surface area contributed by atoms with Gasteiger partial charge >= 0.3 is 6.09 Å².